The second kappa shape index (κ2) is 45.8. The average molecular weight is 875 g/mol. The molecule has 0 saturated carbocycles. The van der Waals surface area contributed by atoms with Gasteiger partial charge in [-0.05, 0) is 109 Å². The van der Waals surface area contributed by atoms with E-state index in [1.807, 2.05) is 11.8 Å². The smallest absolute Gasteiger partial charge is 0.333 e. The summed E-state index contributed by atoms with van der Waals surface area (Å²) >= 11 is 1.84. The summed E-state index contributed by atoms with van der Waals surface area (Å²) < 4.78 is 25.1. The second-order valence-corrected chi connectivity index (χ2v) is 22.5. The molecule has 0 rings (SSSR count). The zero-order valence-corrected chi connectivity index (χ0v) is 42.3. The maximum atomic E-state index is 12.9. The number of thioether (sulfide) groups is 1. The van der Waals surface area contributed by atoms with E-state index in [1.54, 1.807) is 0 Å². The van der Waals surface area contributed by atoms with Crippen LogP contribution in [0.25, 0.3) is 0 Å². The van der Waals surface area contributed by atoms with E-state index in [4.69, 9.17) is 18.3 Å². The Hall–Kier alpha value is -0.163. The van der Waals surface area contributed by atoms with Gasteiger partial charge in [-0.1, -0.05) is 169 Å². The third-order valence-electron chi connectivity index (χ3n) is 11.5. The fourth-order valence-corrected chi connectivity index (χ4v) is 10.3. The molecule has 0 bridgehead atoms. The molecule has 0 spiro atoms. The van der Waals surface area contributed by atoms with Crippen LogP contribution in [0.15, 0.2) is 0 Å². The first-order valence-electron chi connectivity index (χ1n) is 25.9. The molecule has 354 valence electrons. The van der Waals surface area contributed by atoms with Crippen molar-refractivity contribution >= 4 is 26.3 Å². The zero-order chi connectivity index (χ0) is 43.3. The third-order valence-corrected chi connectivity index (χ3v) is 14.6. The SMILES string of the molecule is CCCCCCCCCCSC(CCCC)C(=O)OCCCCCCN(CCCCO)CCCCCCO[Si](C)(C)OC(CCCCCCC)OCCCCCCCC. The van der Waals surface area contributed by atoms with Crippen molar-refractivity contribution in [1.82, 2.24) is 4.90 Å². The van der Waals surface area contributed by atoms with Crippen molar-refractivity contribution in [3.63, 3.8) is 0 Å². The Morgan fingerprint density at radius 2 is 0.983 bits per heavy atom. The molecule has 0 aliphatic heterocycles. The van der Waals surface area contributed by atoms with Crippen LogP contribution in [0, 0.1) is 0 Å². The molecule has 2 unspecified atom stereocenters. The fraction of sp³-hybridized carbons (Fsp3) is 0.980. The predicted octanol–water partition coefficient (Wildman–Crippen LogP) is 15.0. The van der Waals surface area contributed by atoms with Crippen LogP contribution in [-0.2, 0) is 23.1 Å². The van der Waals surface area contributed by atoms with Crippen LogP contribution in [0.2, 0.25) is 13.1 Å². The molecule has 0 fully saturated rings. The number of hydrogen-bond donors (Lipinski definition) is 1. The Labute approximate surface area is 374 Å². The van der Waals surface area contributed by atoms with Crippen molar-refractivity contribution < 1.29 is 28.2 Å². The Bertz CT molecular complexity index is 854. The summed E-state index contributed by atoms with van der Waals surface area (Å²) in [6, 6.07) is 0. The van der Waals surface area contributed by atoms with E-state index in [1.165, 1.54) is 141 Å². The number of aliphatic hydroxyl groups is 1. The summed E-state index contributed by atoms with van der Waals surface area (Å²) in [5.74, 6) is 1.09. The first-order chi connectivity index (χ1) is 28.8. The number of rotatable bonds is 49. The molecular formula is C50H103NO6SSi. The Morgan fingerprint density at radius 1 is 0.525 bits per heavy atom. The molecule has 0 radical (unpaired) electrons. The highest BCUT2D eigenvalue weighted by Crippen LogP contribution is 2.22. The minimum absolute atomic E-state index is 0.00849. The van der Waals surface area contributed by atoms with Gasteiger partial charge in [0.05, 0.1) is 6.61 Å². The van der Waals surface area contributed by atoms with Crippen LogP contribution < -0.4 is 0 Å². The summed E-state index contributed by atoms with van der Waals surface area (Å²) in [5.41, 5.74) is 0. The molecule has 2 atom stereocenters. The van der Waals surface area contributed by atoms with E-state index in [2.05, 4.69) is 45.7 Å². The van der Waals surface area contributed by atoms with Gasteiger partial charge >= 0.3 is 14.5 Å². The molecule has 0 aromatic rings. The van der Waals surface area contributed by atoms with E-state index in [0.29, 0.717) is 6.61 Å². The standard InChI is InChI=1S/C50H103NO6SSi/c1-7-11-15-18-20-21-28-37-47-58-48(38-14-10-4)50(53)55-45-35-26-23-30-40-51(42-32-33-43-52)41-31-24-27-36-46-56-59(5,6)57-49(39-29-22-17-13-9-3)54-44-34-25-19-16-12-8-2/h48-49,52H,7-47H2,1-6H3. The monoisotopic (exact) mass is 874 g/mol. The van der Waals surface area contributed by atoms with Crippen molar-refractivity contribution in [3.05, 3.63) is 0 Å². The molecule has 0 aliphatic rings. The van der Waals surface area contributed by atoms with Crippen LogP contribution in [0.1, 0.15) is 240 Å². The van der Waals surface area contributed by atoms with Crippen molar-refractivity contribution in [3.8, 4) is 0 Å². The summed E-state index contributed by atoms with van der Waals surface area (Å²) in [6.07, 6.45) is 39.6. The van der Waals surface area contributed by atoms with Gasteiger partial charge in [0.1, 0.15) is 11.5 Å². The van der Waals surface area contributed by atoms with Crippen LogP contribution >= 0.6 is 11.8 Å². The maximum absolute atomic E-state index is 12.9. The van der Waals surface area contributed by atoms with Gasteiger partial charge in [-0.3, -0.25) is 4.79 Å². The highest BCUT2D eigenvalue weighted by Gasteiger charge is 2.29. The second-order valence-electron chi connectivity index (χ2n) is 17.9. The van der Waals surface area contributed by atoms with Gasteiger partial charge in [-0.2, -0.15) is 0 Å². The van der Waals surface area contributed by atoms with Gasteiger partial charge in [0.2, 0.25) is 0 Å². The van der Waals surface area contributed by atoms with Crippen molar-refractivity contribution in [1.29, 1.82) is 0 Å². The van der Waals surface area contributed by atoms with Gasteiger partial charge < -0.3 is 28.3 Å². The lowest BCUT2D eigenvalue weighted by atomic mass is 10.1. The molecular weight excluding hydrogens is 771 g/mol. The van der Waals surface area contributed by atoms with Gasteiger partial charge in [0.15, 0.2) is 0 Å². The van der Waals surface area contributed by atoms with E-state index in [-0.39, 0.29) is 24.1 Å². The van der Waals surface area contributed by atoms with E-state index in [9.17, 15) is 9.90 Å². The largest absolute Gasteiger partial charge is 0.465 e. The predicted molar refractivity (Wildman–Crippen MR) is 260 cm³/mol. The Morgan fingerprint density at radius 3 is 1.54 bits per heavy atom. The lowest BCUT2D eigenvalue weighted by Gasteiger charge is -2.29. The Kier molecular flexibility index (Phi) is 45.7. The third kappa shape index (κ3) is 41.6. The van der Waals surface area contributed by atoms with Crippen molar-refractivity contribution in [2.24, 2.45) is 0 Å². The minimum atomic E-state index is -2.27. The number of carbonyl (C=O) groups is 1. The normalized spacial score (nSPS) is 13.1. The lowest BCUT2D eigenvalue weighted by Crippen LogP contribution is -2.40. The molecule has 7 nitrogen and oxygen atoms in total. The molecule has 9 heteroatoms. The molecule has 0 saturated heterocycles. The first kappa shape index (κ1) is 58.8. The van der Waals surface area contributed by atoms with E-state index < -0.39 is 8.56 Å². The first-order valence-corrected chi connectivity index (χ1v) is 29.7. The molecule has 0 amide bonds. The summed E-state index contributed by atoms with van der Waals surface area (Å²) in [7, 11) is -2.27. The molecule has 59 heavy (non-hydrogen) atoms. The molecule has 0 aromatic heterocycles. The van der Waals surface area contributed by atoms with Crippen LogP contribution in [0.3, 0.4) is 0 Å². The van der Waals surface area contributed by atoms with Crippen LogP contribution in [0.5, 0.6) is 0 Å². The highest BCUT2D eigenvalue weighted by atomic mass is 32.2. The highest BCUT2D eigenvalue weighted by molar-refractivity contribution is 8.00. The van der Waals surface area contributed by atoms with Crippen LogP contribution in [0.4, 0.5) is 0 Å². The zero-order valence-electron chi connectivity index (χ0n) is 40.5. The topological polar surface area (TPSA) is 77.5 Å². The van der Waals surface area contributed by atoms with Crippen LogP contribution in [-0.4, -0.2) is 87.9 Å². The van der Waals surface area contributed by atoms with Gasteiger partial charge in [-0.25, -0.2) is 0 Å². The Balaban J connectivity index is 4.38. The van der Waals surface area contributed by atoms with E-state index in [0.717, 1.165) is 109 Å². The summed E-state index contributed by atoms with van der Waals surface area (Å²) in [6.45, 7) is 19.1. The minimum Gasteiger partial charge on any atom is -0.465 e. The van der Waals surface area contributed by atoms with Gasteiger partial charge in [0, 0.05) is 19.8 Å². The fourth-order valence-electron chi connectivity index (χ4n) is 7.61. The number of carbonyl (C=O) groups excluding carboxylic acids is 1. The molecule has 1 N–H and O–H groups in total. The maximum Gasteiger partial charge on any atom is 0.333 e. The average Bonchev–Trinajstić information content (AvgIpc) is 3.22. The van der Waals surface area contributed by atoms with Gasteiger partial charge in [0.25, 0.3) is 0 Å². The molecule has 0 aliphatic carbocycles. The van der Waals surface area contributed by atoms with Crippen molar-refractivity contribution in [2.75, 3.05) is 51.8 Å². The summed E-state index contributed by atoms with van der Waals surface area (Å²) in [4.78, 5) is 15.5. The van der Waals surface area contributed by atoms with E-state index >= 15 is 0 Å². The number of ether oxygens (including phenoxy) is 2. The lowest BCUT2D eigenvalue weighted by molar-refractivity contribution is -0.143. The number of aliphatic hydroxyl groups excluding tert-OH is 1. The number of hydrogen-bond acceptors (Lipinski definition) is 8. The quantitative estimate of drug-likeness (QED) is 0.0280. The number of unbranched alkanes of at least 4 members (excludes halogenated alkanes) is 24. The van der Waals surface area contributed by atoms with Gasteiger partial charge in [-0.15, -0.1) is 11.8 Å². The molecule has 0 heterocycles. The summed E-state index contributed by atoms with van der Waals surface area (Å²) in [5, 5.41) is 9.37. The van der Waals surface area contributed by atoms with Crippen molar-refractivity contribution in [2.45, 2.75) is 264 Å². The molecule has 0 aromatic carbocycles. The number of esters is 1. The number of nitrogens with zero attached hydrogens (tertiary/aromatic N) is 1.